The third-order valence-electron chi connectivity index (χ3n) is 2.54. The number of halogens is 1. The van der Waals surface area contributed by atoms with Crippen LogP contribution in [-0.4, -0.2) is 10.9 Å². The SMILES string of the molecule is Cc1c(F)cc(C(N)=O)cc1NCc1nccs1. The van der Waals surface area contributed by atoms with Gasteiger partial charge in [0.2, 0.25) is 5.91 Å². The fourth-order valence-electron chi connectivity index (χ4n) is 1.52. The number of hydrogen-bond donors (Lipinski definition) is 2. The second-order valence-corrected chi connectivity index (χ2v) is 4.75. The van der Waals surface area contributed by atoms with Crippen molar-refractivity contribution >= 4 is 22.9 Å². The average Bonchev–Trinajstić information content (AvgIpc) is 2.83. The maximum atomic E-state index is 13.6. The molecule has 18 heavy (non-hydrogen) atoms. The van der Waals surface area contributed by atoms with E-state index in [1.807, 2.05) is 5.38 Å². The van der Waals surface area contributed by atoms with E-state index in [0.29, 0.717) is 17.8 Å². The zero-order chi connectivity index (χ0) is 13.1. The van der Waals surface area contributed by atoms with Crippen molar-refractivity contribution in [3.8, 4) is 0 Å². The first-order valence-electron chi connectivity index (χ1n) is 5.30. The number of carbonyl (C=O) groups excluding carboxylic acids is 1. The van der Waals surface area contributed by atoms with Crippen LogP contribution >= 0.6 is 11.3 Å². The van der Waals surface area contributed by atoms with Gasteiger partial charge in [0.1, 0.15) is 10.8 Å². The number of benzene rings is 1. The van der Waals surface area contributed by atoms with Crippen LogP contribution in [0.2, 0.25) is 0 Å². The Morgan fingerprint density at radius 3 is 2.94 bits per heavy atom. The summed E-state index contributed by atoms with van der Waals surface area (Å²) in [4.78, 5) is 15.2. The lowest BCUT2D eigenvalue weighted by Crippen LogP contribution is -2.13. The van der Waals surface area contributed by atoms with E-state index in [2.05, 4.69) is 10.3 Å². The maximum Gasteiger partial charge on any atom is 0.248 e. The van der Waals surface area contributed by atoms with Gasteiger partial charge in [-0.1, -0.05) is 0 Å². The lowest BCUT2D eigenvalue weighted by Gasteiger charge is -2.10. The van der Waals surface area contributed by atoms with Gasteiger partial charge in [-0.05, 0) is 19.1 Å². The first kappa shape index (κ1) is 12.5. The zero-order valence-corrected chi connectivity index (χ0v) is 10.6. The number of amides is 1. The summed E-state index contributed by atoms with van der Waals surface area (Å²) in [7, 11) is 0. The van der Waals surface area contributed by atoms with Crippen LogP contribution in [0.15, 0.2) is 23.7 Å². The van der Waals surface area contributed by atoms with E-state index in [0.717, 1.165) is 11.1 Å². The van der Waals surface area contributed by atoms with Gasteiger partial charge in [-0.15, -0.1) is 11.3 Å². The quantitative estimate of drug-likeness (QED) is 0.891. The van der Waals surface area contributed by atoms with Gasteiger partial charge < -0.3 is 11.1 Å². The Bertz CT molecular complexity index is 569. The molecule has 0 fully saturated rings. The standard InChI is InChI=1S/C12H12FN3OS/c1-7-9(13)4-8(12(14)17)5-10(7)16-6-11-15-2-3-18-11/h2-5,16H,6H2,1H3,(H2,14,17). The number of anilines is 1. The molecule has 1 heterocycles. The summed E-state index contributed by atoms with van der Waals surface area (Å²) >= 11 is 1.50. The molecule has 0 radical (unpaired) electrons. The fraction of sp³-hybridized carbons (Fsp3) is 0.167. The molecule has 1 amide bonds. The van der Waals surface area contributed by atoms with Gasteiger partial charge in [0.15, 0.2) is 0 Å². The number of hydrogen-bond acceptors (Lipinski definition) is 4. The monoisotopic (exact) mass is 265 g/mol. The van der Waals surface area contributed by atoms with Crippen LogP contribution in [0.25, 0.3) is 0 Å². The highest BCUT2D eigenvalue weighted by Crippen LogP contribution is 2.21. The van der Waals surface area contributed by atoms with Crippen molar-refractivity contribution < 1.29 is 9.18 Å². The molecule has 0 saturated heterocycles. The number of aromatic nitrogens is 1. The molecule has 2 rings (SSSR count). The molecule has 0 atom stereocenters. The van der Waals surface area contributed by atoms with E-state index in [1.54, 1.807) is 19.2 Å². The van der Waals surface area contributed by atoms with E-state index < -0.39 is 11.7 Å². The Kier molecular flexibility index (Phi) is 3.57. The Labute approximate surface area is 108 Å². The average molecular weight is 265 g/mol. The molecule has 1 aromatic heterocycles. The number of nitrogens with one attached hydrogen (secondary N) is 1. The molecule has 2 aromatic rings. The zero-order valence-electron chi connectivity index (χ0n) is 9.74. The van der Waals surface area contributed by atoms with Gasteiger partial charge in [0.05, 0.1) is 6.54 Å². The molecule has 0 bridgehead atoms. The molecule has 1 aromatic carbocycles. The van der Waals surface area contributed by atoms with Crippen molar-refractivity contribution in [3.05, 3.63) is 45.7 Å². The van der Waals surface area contributed by atoms with Crippen LogP contribution in [0.1, 0.15) is 20.9 Å². The summed E-state index contributed by atoms with van der Waals surface area (Å²) in [5.74, 6) is -1.10. The van der Waals surface area contributed by atoms with E-state index in [1.165, 1.54) is 11.3 Å². The smallest absolute Gasteiger partial charge is 0.248 e. The first-order valence-corrected chi connectivity index (χ1v) is 6.18. The van der Waals surface area contributed by atoms with Crippen molar-refractivity contribution in [1.82, 2.24) is 4.98 Å². The van der Waals surface area contributed by atoms with Gasteiger partial charge >= 0.3 is 0 Å². The number of rotatable bonds is 4. The molecule has 3 N–H and O–H groups in total. The number of nitrogens with zero attached hydrogens (tertiary/aromatic N) is 1. The van der Waals surface area contributed by atoms with E-state index in [4.69, 9.17) is 5.73 Å². The molecule has 0 saturated carbocycles. The van der Waals surface area contributed by atoms with Crippen LogP contribution in [0.5, 0.6) is 0 Å². The number of carbonyl (C=O) groups is 1. The highest BCUT2D eigenvalue weighted by Gasteiger charge is 2.10. The Balaban J connectivity index is 2.23. The number of thiazole rings is 1. The molecule has 6 heteroatoms. The minimum Gasteiger partial charge on any atom is -0.378 e. The topological polar surface area (TPSA) is 68.0 Å². The van der Waals surface area contributed by atoms with Crippen LogP contribution in [0.3, 0.4) is 0 Å². The molecular weight excluding hydrogens is 253 g/mol. The summed E-state index contributed by atoms with van der Waals surface area (Å²) in [6.45, 7) is 2.13. The van der Waals surface area contributed by atoms with Crippen molar-refractivity contribution in [2.24, 2.45) is 5.73 Å². The van der Waals surface area contributed by atoms with Crippen molar-refractivity contribution in [2.75, 3.05) is 5.32 Å². The van der Waals surface area contributed by atoms with Crippen molar-refractivity contribution in [3.63, 3.8) is 0 Å². The van der Waals surface area contributed by atoms with Crippen LogP contribution in [0.4, 0.5) is 10.1 Å². The predicted octanol–water partition coefficient (Wildman–Crippen LogP) is 2.30. The lowest BCUT2D eigenvalue weighted by molar-refractivity contribution is 0.1000. The van der Waals surface area contributed by atoms with E-state index >= 15 is 0 Å². The van der Waals surface area contributed by atoms with Crippen molar-refractivity contribution in [1.29, 1.82) is 0 Å². The Morgan fingerprint density at radius 2 is 2.33 bits per heavy atom. The third-order valence-corrected chi connectivity index (χ3v) is 3.32. The highest BCUT2D eigenvalue weighted by molar-refractivity contribution is 7.09. The lowest BCUT2D eigenvalue weighted by atomic mass is 10.1. The number of primary amides is 1. The van der Waals surface area contributed by atoms with Crippen LogP contribution < -0.4 is 11.1 Å². The summed E-state index contributed by atoms with van der Waals surface area (Å²) in [5.41, 5.74) is 6.31. The maximum absolute atomic E-state index is 13.6. The minimum atomic E-state index is -0.647. The predicted molar refractivity (Wildman–Crippen MR) is 69.1 cm³/mol. The second-order valence-electron chi connectivity index (χ2n) is 3.77. The summed E-state index contributed by atoms with van der Waals surface area (Å²) in [5, 5.41) is 5.81. The molecule has 4 nitrogen and oxygen atoms in total. The molecule has 94 valence electrons. The fourth-order valence-corrected chi connectivity index (χ4v) is 2.07. The van der Waals surface area contributed by atoms with E-state index in [-0.39, 0.29) is 5.56 Å². The van der Waals surface area contributed by atoms with Gasteiger partial charge in [-0.2, -0.15) is 0 Å². The second kappa shape index (κ2) is 5.14. The van der Waals surface area contributed by atoms with E-state index in [9.17, 15) is 9.18 Å². The van der Waals surface area contributed by atoms with Crippen molar-refractivity contribution in [2.45, 2.75) is 13.5 Å². The van der Waals surface area contributed by atoms with Gasteiger partial charge in [-0.3, -0.25) is 4.79 Å². The number of nitrogens with two attached hydrogens (primary N) is 1. The first-order chi connectivity index (χ1) is 8.58. The summed E-state index contributed by atoms with van der Waals surface area (Å²) in [6, 6.07) is 2.70. The highest BCUT2D eigenvalue weighted by atomic mass is 32.1. The molecule has 0 spiro atoms. The minimum absolute atomic E-state index is 0.153. The normalized spacial score (nSPS) is 10.3. The van der Waals surface area contributed by atoms with Gasteiger partial charge in [-0.25, -0.2) is 9.37 Å². The molecule has 0 aliphatic heterocycles. The third kappa shape index (κ3) is 2.65. The molecule has 0 unspecified atom stereocenters. The Hall–Kier alpha value is -1.95. The molecular formula is C12H12FN3OS. The largest absolute Gasteiger partial charge is 0.378 e. The molecule has 0 aliphatic carbocycles. The van der Waals surface area contributed by atoms with Crippen LogP contribution in [0, 0.1) is 12.7 Å². The summed E-state index contributed by atoms with van der Waals surface area (Å²) in [6.07, 6.45) is 1.70. The summed E-state index contributed by atoms with van der Waals surface area (Å²) < 4.78 is 13.6. The van der Waals surface area contributed by atoms with Gasteiger partial charge in [0.25, 0.3) is 0 Å². The van der Waals surface area contributed by atoms with Crippen LogP contribution in [-0.2, 0) is 6.54 Å². The van der Waals surface area contributed by atoms with Gasteiger partial charge in [0, 0.05) is 28.4 Å². The Morgan fingerprint density at radius 1 is 1.56 bits per heavy atom. The molecule has 0 aliphatic rings.